The lowest BCUT2D eigenvalue weighted by Gasteiger charge is -2.10. The van der Waals surface area contributed by atoms with Gasteiger partial charge in [-0.2, -0.15) is 8.42 Å². The fourth-order valence-corrected chi connectivity index (χ4v) is 3.06. The van der Waals surface area contributed by atoms with Crippen LogP contribution in [-0.4, -0.2) is 13.0 Å². The van der Waals surface area contributed by atoms with Gasteiger partial charge in [0.15, 0.2) is 0 Å². The molecule has 0 aromatic heterocycles. The SMILES string of the molecule is CCCc1cc(CCC)c2cc(S(=O)(=O)O)ccc2c1. The summed E-state index contributed by atoms with van der Waals surface area (Å²) < 4.78 is 31.7. The van der Waals surface area contributed by atoms with E-state index < -0.39 is 10.1 Å². The third kappa shape index (κ3) is 3.19. The Morgan fingerprint density at radius 3 is 2.30 bits per heavy atom. The maximum absolute atomic E-state index is 11.3. The van der Waals surface area contributed by atoms with Crippen LogP contribution in [0.25, 0.3) is 10.8 Å². The van der Waals surface area contributed by atoms with Crippen LogP contribution in [0.5, 0.6) is 0 Å². The quantitative estimate of drug-likeness (QED) is 0.848. The standard InChI is InChI=1S/C16H20O3S/c1-3-5-12-9-13(6-4-2)16-11-15(20(17,18)19)8-7-14(16)10-12/h7-11H,3-6H2,1-2H3,(H,17,18,19). The Balaban J connectivity index is 2.67. The molecule has 0 aliphatic rings. The Kier molecular flexibility index (Phi) is 4.45. The fourth-order valence-electron chi connectivity index (χ4n) is 2.55. The highest BCUT2D eigenvalue weighted by atomic mass is 32.2. The van der Waals surface area contributed by atoms with E-state index in [0.717, 1.165) is 42.0 Å². The molecule has 0 aliphatic carbocycles. The molecule has 0 spiro atoms. The first-order valence-electron chi connectivity index (χ1n) is 6.98. The molecule has 20 heavy (non-hydrogen) atoms. The molecule has 0 saturated heterocycles. The minimum Gasteiger partial charge on any atom is -0.282 e. The van der Waals surface area contributed by atoms with Crippen molar-refractivity contribution in [3.8, 4) is 0 Å². The Morgan fingerprint density at radius 2 is 1.70 bits per heavy atom. The van der Waals surface area contributed by atoms with E-state index in [2.05, 4.69) is 26.0 Å². The summed E-state index contributed by atoms with van der Waals surface area (Å²) in [5, 5.41) is 1.95. The predicted octanol–water partition coefficient (Wildman–Crippen LogP) is 3.99. The number of rotatable bonds is 5. The van der Waals surface area contributed by atoms with Crippen molar-refractivity contribution in [3.63, 3.8) is 0 Å². The zero-order chi connectivity index (χ0) is 14.8. The lowest BCUT2D eigenvalue weighted by Crippen LogP contribution is -1.99. The highest BCUT2D eigenvalue weighted by molar-refractivity contribution is 7.85. The number of benzene rings is 2. The van der Waals surface area contributed by atoms with Gasteiger partial charge in [0.05, 0.1) is 4.90 Å². The molecule has 1 N–H and O–H groups in total. The van der Waals surface area contributed by atoms with Crippen LogP contribution in [0.3, 0.4) is 0 Å². The van der Waals surface area contributed by atoms with E-state index in [1.165, 1.54) is 11.6 Å². The van der Waals surface area contributed by atoms with Crippen molar-refractivity contribution in [2.75, 3.05) is 0 Å². The van der Waals surface area contributed by atoms with Crippen molar-refractivity contribution in [1.82, 2.24) is 0 Å². The molecule has 0 fully saturated rings. The van der Waals surface area contributed by atoms with E-state index in [9.17, 15) is 13.0 Å². The number of aryl methyl sites for hydroxylation is 2. The largest absolute Gasteiger partial charge is 0.294 e. The molecule has 108 valence electrons. The Morgan fingerprint density at radius 1 is 1.00 bits per heavy atom. The van der Waals surface area contributed by atoms with E-state index >= 15 is 0 Å². The number of fused-ring (bicyclic) bond motifs is 1. The Hall–Kier alpha value is -1.39. The van der Waals surface area contributed by atoms with Crippen LogP contribution in [-0.2, 0) is 23.0 Å². The van der Waals surface area contributed by atoms with Gasteiger partial charge in [0, 0.05) is 0 Å². The van der Waals surface area contributed by atoms with Gasteiger partial charge in [0.25, 0.3) is 10.1 Å². The molecule has 2 aromatic rings. The van der Waals surface area contributed by atoms with Crippen LogP contribution in [0.4, 0.5) is 0 Å². The molecule has 0 atom stereocenters. The lowest BCUT2D eigenvalue weighted by atomic mass is 9.96. The van der Waals surface area contributed by atoms with Crippen LogP contribution in [0.1, 0.15) is 37.8 Å². The summed E-state index contributed by atoms with van der Waals surface area (Å²) in [6, 6.07) is 9.07. The molecule has 0 unspecified atom stereocenters. The second-order valence-electron chi connectivity index (χ2n) is 5.11. The van der Waals surface area contributed by atoms with Gasteiger partial charge in [-0.3, -0.25) is 4.55 Å². The molecule has 4 heteroatoms. The van der Waals surface area contributed by atoms with Crippen LogP contribution in [0, 0.1) is 0 Å². The topological polar surface area (TPSA) is 54.4 Å². The van der Waals surface area contributed by atoms with Gasteiger partial charge in [0.2, 0.25) is 0 Å². The molecule has 0 radical (unpaired) electrons. The minimum absolute atomic E-state index is 0.0365. The lowest BCUT2D eigenvalue weighted by molar-refractivity contribution is 0.483. The second-order valence-corrected chi connectivity index (χ2v) is 6.53. The first-order valence-corrected chi connectivity index (χ1v) is 8.42. The summed E-state index contributed by atoms with van der Waals surface area (Å²) in [6.45, 7) is 4.25. The number of hydrogen-bond donors (Lipinski definition) is 1. The first kappa shape index (κ1) is 15.0. The molecule has 2 aromatic carbocycles. The Labute approximate surface area is 120 Å². The van der Waals surface area contributed by atoms with Crippen LogP contribution < -0.4 is 0 Å². The van der Waals surface area contributed by atoms with Gasteiger partial charge >= 0.3 is 0 Å². The Bertz CT molecular complexity index is 718. The summed E-state index contributed by atoms with van der Waals surface area (Å²) in [5.41, 5.74) is 2.43. The van der Waals surface area contributed by atoms with Gasteiger partial charge in [-0.15, -0.1) is 0 Å². The smallest absolute Gasteiger partial charge is 0.282 e. The number of hydrogen-bond acceptors (Lipinski definition) is 2. The summed E-state index contributed by atoms with van der Waals surface area (Å²) in [5.74, 6) is 0. The highest BCUT2D eigenvalue weighted by Crippen LogP contribution is 2.26. The molecule has 0 heterocycles. The normalized spacial score (nSPS) is 11.9. The van der Waals surface area contributed by atoms with Gasteiger partial charge in [-0.1, -0.05) is 44.9 Å². The first-order chi connectivity index (χ1) is 9.45. The molecule has 0 amide bonds. The summed E-state index contributed by atoms with van der Waals surface area (Å²) in [6.07, 6.45) is 4.01. The second kappa shape index (κ2) is 5.94. The summed E-state index contributed by atoms with van der Waals surface area (Å²) in [7, 11) is -4.15. The van der Waals surface area contributed by atoms with E-state index in [4.69, 9.17) is 0 Å². The maximum Gasteiger partial charge on any atom is 0.294 e. The van der Waals surface area contributed by atoms with Crippen LogP contribution in [0.2, 0.25) is 0 Å². The highest BCUT2D eigenvalue weighted by Gasteiger charge is 2.12. The van der Waals surface area contributed by atoms with Gasteiger partial charge < -0.3 is 0 Å². The van der Waals surface area contributed by atoms with Crippen LogP contribution in [0.15, 0.2) is 35.2 Å². The molecule has 0 aliphatic heterocycles. The van der Waals surface area contributed by atoms with Crippen molar-refractivity contribution in [1.29, 1.82) is 0 Å². The maximum atomic E-state index is 11.3. The average Bonchev–Trinajstić information content (AvgIpc) is 2.38. The molecule has 2 rings (SSSR count). The molecular weight excluding hydrogens is 272 g/mol. The molecular formula is C16H20O3S. The predicted molar refractivity (Wildman–Crippen MR) is 81.8 cm³/mol. The zero-order valence-electron chi connectivity index (χ0n) is 11.9. The van der Waals surface area contributed by atoms with E-state index in [1.807, 2.05) is 0 Å². The molecule has 0 bridgehead atoms. The monoisotopic (exact) mass is 292 g/mol. The summed E-state index contributed by atoms with van der Waals surface area (Å²) >= 11 is 0. The summed E-state index contributed by atoms with van der Waals surface area (Å²) in [4.78, 5) is -0.0365. The van der Waals surface area contributed by atoms with Crippen molar-refractivity contribution in [2.24, 2.45) is 0 Å². The van der Waals surface area contributed by atoms with E-state index in [0.29, 0.717) is 0 Å². The molecule has 0 saturated carbocycles. The average molecular weight is 292 g/mol. The van der Waals surface area contributed by atoms with Gasteiger partial charge in [-0.25, -0.2) is 0 Å². The van der Waals surface area contributed by atoms with Crippen molar-refractivity contribution < 1.29 is 13.0 Å². The fraction of sp³-hybridized carbons (Fsp3) is 0.375. The zero-order valence-corrected chi connectivity index (χ0v) is 12.7. The van der Waals surface area contributed by atoms with Gasteiger partial charge in [0.1, 0.15) is 0 Å². The van der Waals surface area contributed by atoms with E-state index in [1.54, 1.807) is 12.1 Å². The van der Waals surface area contributed by atoms with Crippen LogP contribution >= 0.6 is 0 Å². The molecule has 3 nitrogen and oxygen atoms in total. The van der Waals surface area contributed by atoms with Crippen molar-refractivity contribution in [3.05, 3.63) is 41.5 Å². The van der Waals surface area contributed by atoms with Gasteiger partial charge in [-0.05, 0) is 46.9 Å². The van der Waals surface area contributed by atoms with Crippen molar-refractivity contribution >= 4 is 20.9 Å². The van der Waals surface area contributed by atoms with Crippen molar-refractivity contribution in [2.45, 2.75) is 44.4 Å². The third-order valence-electron chi connectivity index (χ3n) is 3.43. The third-order valence-corrected chi connectivity index (χ3v) is 4.28. The van der Waals surface area contributed by atoms with E-state index in [-0.39, 0.29) is 4.90 Å². The minimum atomic E-state index is -4.15.